The summed E-state index contributed by atoms with van der Waals surface area (Å²) < 4.78 is 16.6. The molecule has 2 unspecified atom stereocenters. The maximum absolute atomic E-state index is 10.6. The van der Waals surface area contributed by atoms with Crippen LogP contribution in [0.4, 0.5) is 0 Å². The van der Waals surface area contributed by atoms with Gasteiger partial charge in [0, 0.05) is 19.0 Å². The van der Waals surface area contributed by atoms with Gasteiger partial charge in [0.25, 0.3) is 0 Å². The molecule has 0 aromatic carbocycles. The molecule has 1 fully saturated rings. The quantitative estimate of drug-likeness (QED) is 0.306. The minimum Gasteiger partial charge on any atom is -0.550 e. The average molecular weight is 366 g/mol. The Morgan fingerprint density at radius 1 is 1.08 bits per heavy atom. The van der Waals surface area contributed by atoms with Gasteiger partial charge in [-0.1, -0.05) is 64.7 Å². The number of carbonyl (C=O) groups is 1. The predicted octanol–water partition coefficient (Wildman–Crippen LogP) is 0.200. The molecule has 0 aliphatic carbocycles. The zero-order valence-electron chi connectivity index (χ0n) is 16.5. The summed E-state index contributed by atoms with van der Waals surface area (Å²) in [7, 11) is 0. The van der Waals surface area contributed by atoms with Crippen LogP contribution in [-0.2, 0) is 19.0 Å². The van der Waals surface area contributed by atoms with E-state index in [2.05, 4.69) is 6.92 Å². The van der Waals surface area contributed by atoms with Gasteiger partial charge in [0.15, 0.2) is 5.79 Å². The van der Waals surface area contributed by atoms with Crippen molar-refractivity contribution in [2.45, 2.75) is 96.4 Å². The van der Waals surface area contributed by atoms with Gasteiger partial charge in [0.1, 0.15) is 6.10 Å². The Hall–Kier alpha value is 0.350. The first kappa shape index (κ1) is 25.4. The molecule has 1 saturated heterocycles. The summed E-state index contributed by atoms with van der Waals surface area (Å²) in [5.41, 5.74) is 0. The molecule has 0 amide bonds. The number of carbonyl (C=O) groups excluding carboxylic acids is 1. The first-order valence-corrected chi connectivity index (χ1v) is 9.65. The fourth-order valence-corrected chi connectivity index (χ4v) is 3.03. The van der Waals surface area contributed by atoms with E-state index in [0.29, 0.717) is 13.2 Å². The number of ether oxygens (including phenoxy) is 3. The molecular weight excluding hydrogens is 331 g/mol. The van der Waals surface area contributed by atoms with Gasteiger partial charge in [0.2, 0.25) is 0 Å². The van der Waals surface area contributed by atoms with E-state index < -0.39 is 11.8 Å². The van der Waals surface area contributed by atoms with Crippen molar-refractivity contribution >= 4 is 5.97 Å². The summed E-state index contributed by atoms with van der Waals surface area (Å²) in [6.07, 6.45) is 12.6. The number of unbranched alkanes of at least 4 members (excludes halogenated alkanes) is 9. The Kier molecular flexibility index (Phi) is 15.6. The maximum Gasteiger partial charge on any atom is 1.00 e. The normalized spacial score (nSPS) is 22.7. The van der Waals surface area contributed by atoms with Crippen LogP contribution in [0.2, 0.25) is 0 Å². The van der Waals surface area contributed by atoms with Crippen molar-refractivity contribution in [3.05, 3.63) is 0 Å². The van der Waals surface area contributed by atoms with Crippen molar-refractivity contribution in [2.24, 2.45) is 0 Å². The zero-order chi connectivity index (χ0) is 17.7. The Balaban J connectivity index is 0.00000576. The van der Waals surface area contributed by atoms with E-state index in [0.717, 1.165) is 13.0 Å². The summed E-state index contributed by atoms with van der Waals surface area (Å²) >= 11 is 0. The van der Waals surface area contributed by atoms with Crippen molar-refractivity contribution in [3.63, 3.8) is 0 Å². The number of carboxylic acid groups (broad SMARTS) is 1. The molecule has 142 valence electrons. The molecule has 0 bridgehead atoms. The van der Waals surface area contributed by atoms with E-state index in [-0.39, 0.29) is 42.1 Å². The van der Waals surface area contributed by atoms with Crippen molar-refractivity contribution in [1.29, 1.82) is 0 Å². The van der Waals surface area contributed by atoms with E-state index in [9.17, 15) is 9.90 Å². The van der Waals surface area contributed by atoms with Gasteiger partial charge in [-0.15, -0.1) is 0 Å². The van der Waals surface area contributed by atoms with Crippen LogP contribution >= 0.6 is 0 Å². The van der Waals surface area contributed by atoms with Gasteiger partial charge in [0.05, 0.1) is 13.2 Å². The minimum absolute atomic E-state index is 0. The van der Waals surface area contributed by atoms with Crippen LogP contribution in [0.1, 0.15) is 84.5 Å². The van der Waals surface area contributed by atoms with Crippen molar-refractivity contribution in [3.8, 4) is 0 Å². The molecule has 5 nitrogen and oxygen atoms in total. The van der Waals surface area contributed by atoms with Crippen molar-refractivity contribution in [1.82, 2.24) is 0 Å². The average Bonchev–Trinajstić information content (AvgIpc) is 2.88. The third kappa shape index (κ3) is 13.2. The third-order valence-electron chi connectivity index (χ3n) is 4.40. The largest absolute Gasteiger partial charge is 1.00 e. The van der Waals surface area contributed by atoms with E-state index >= 15 is 0 Å². The minimum atomic E-state index is -1.16. The fourth-order valence-electron chi connectivity index (χ4n) is 3.03. The number of carboxylic acids is 1. The molecule has 2 atom stereocenters. The van der Waals surface area contributed by atoms with Crippen LogP contribution < -0.4 is 34.7 Å². The SMILES string of the molecule is CCCCCCCCCCCCOCC1COC(C)(CC(=O)[O-])O1.[Na+]. The van der Waals surface area contributed by atoms with E-state index in [4.69, 9.17) is 14.2 Å². The molecule has 6 heteroatoms. The summed E-state index contributed by atoms with van der Waals surface area (Å²) in [5, 5.41) is 10.6. The first-order chi connectivity index (χ1) is 11.6. The Bertz CT molecular complexity index is 340. The molecule has 1 heterocycles. The van der Waals surface area contributed by atoms with Gasteiger partial charge in [-0.3, -0.25) is 0 Å². The number of aliphatic carboxylic acids is 1. The van der Waals surface area contributed by atoms with Crippen molar-refractivity contribution in [2.75, 3.05) is 19.8 Å². The summed E-state index contributed by atoms with van der Waals surface area (Å²) in [6, 6.07) is 0. The van der Waals surface area contributed by atoms with E-state index in [1.54, 1.807) is 6.92 Å². The smallest absolute Gasteiger partial charge is 0.550 e. The number of hydrogen-bond donors (Lipinski definition) is 0. The molecule has 1 rings (SSSR count). The van der Waals surface area contributed by atoms with Gasteiger partial charge in [-0.25, -0.2) is 0 Å². The summed E-state index contributed by atoms with van der Waals surface area (Å²) in [4.78, 5) is 10.6. The zero-order valence-corrected chi connectivity index (χ0v) is 18.5. The Morgan fingerprint density at radius 3 is 2.20 bits per heavy atom. The van der Waals surface area contributed by atoms with Crippen LogP contribution in [-0.4, -0.2) is 37.7 Å². The summed E-state index contributed by atoms with van der Waals surface area (Å²) in [6.45, 7) is 5.45. The molecule has 0 aromatic heterocycles. The molecule has 1 aliphatic rings. The molecule has 0 spiro atoms. The van der Waals surface area contributed by atoms with E-state index in [1.165, 1.54) is 57.8 Å². The standard InChI is InChI=1S/C19H36O5.Na/c1-3-4-5-6-7-8-9-10-11-12-13-22-15-17-16-23-19(2,24-17)14-18(20)21;/h17H,3-16H2,1-2H3,(H,20,21);/q;+1/p-1. The van der Waals surface area contributed by atoms with Crippen LogP contribution in [0.3, 0.4) is 0 Å². The number of rotatable bonds is 15. The second-order valence-electron chi connectivity index (χ2n) is 6.99. The van der Waals surface area contributed by atoms with Crippen LogP contribution in [0.25, 0.3) is 0 Å². The number of hydrogen-bond acceptors (Lipinski definition) is 5. The fraction of sp³-hybridized carbons (Fsp3) is 0.947. The Morgan fingerprint density at radius 2 is 1.64 bits per heavy atom. The van der Waals surface area contributed by atoms with Crippen molar-refractivity contribution < 1.29 is 53.7 Å². The molecule has 25 heavy (non-hydrogen) atoms. The predicted molar refractivity (Wildman–Crippen MR) is 91.5 cm³/mol. The van der Waals surface area contributed by atoms with Crippen LogP contribution in [0.5, 0.6) is 0 Å². The molecule has 0 N–H and O–H groups in total. The summed E-state index contributed by atoms with van der Waals surface area (Å²) in [5.74, 6) is -2.23. The second kappa shape index (κ2) is 15.4. The van der Waals surface area contributed by atoms with Crippen LogP contribution in [0, 0.1) is 0 Å². The van der Waals surface area contributed by atoms with E-state index in [1.807, 2.05) is 0 Å². The topological polar surface area (TPSA) is 67.8 Å². The second-order valence-corrected chi connectivity index (χ2v) is 6.99. The molecule has 0 aromatic rings. The molecular formula is C19H35NaO5. The first-order valence-electron chi connectivity index (χ1n) is 9.65. The van der Waals surface area contributed by atoms with Gasteiger partial charge in [-0.2, -0.15) is 0 Å². The van der Waals surface area contributed by atoms with Gasteiger partial charge >= 0.3 is 29.6 Å². The maximum atomic E-state index is 10.6. The van der Waals surface area contributed by atoms with Gasteiger partial charge in [-0.05, 0) is 13.3 Å². The Labute approximate surface area is 175 Å². The molecule has 0 saturated carbocycles. The monoisotopic (exact) mass is 366 g/mol. The van der Waals surface area contributed by atoms with Crippen LogP contribution in [0.15, 0.2) is 0 Å². The molecule has 0 radical (unpaired) electrons. The molecule has 1 aliphatic heterocycles. The third-order valence-corrected chi connectivity index (χ3v) is 4.40. The van der Waals surface area contributed by atoms with Gasteiger partial charge < -0.3 is 24.1 Å².